The summed E-state index contributed by atoms with van der Waals surface area (Å²) < 4.78 is 26.7. The number of nitrogens with one attached hydrogen (secondary N) is 1. The Morgan fingerprint density at radius 1 is 1.35 bits per heavy atom. The van der Waals surface area contributed by atoms with Gasteiger partial charge in [0.2, 0.25) is 5.91 Å². The third-order valence-electron chi connectivity index (χ3n) is 2.32. The zero-order valence-electron chi connectivity index (χ0n) is 9.64. The molecule has 0 radical (unpaired) electrons. The molecule has 0 bridgehead atoms. The van der Waals surface area contributed by atoms with Crippen LogP contribution in [-0.4, -0.2) is 17.3 Å². The number of hydrogen-bond acceptors (Lipinski definition) is 1. The van der Waals surface area contributed by atoms with E-state index in [0.29, 0.717) is 0 Å². The summed E-state index contributed by atoms with van der Waals surface area (Å²) in [5.74, 6) is -1.56. The largest absolute Gasteiger partial charge is 0.352 e. The fourth-order valence-electron chi connectivity index (χ4n) is 1.44. The van der Waals surface area contributed by atoms with Gasteiger partial charge in [-0.05, 0) is 32.4 Å². The third-order valence-corrected chi connectivity index (χ3v) is 2.52. The summed E-state index contributed by atoms with van der Waals surface area (Å²) in [6.07, 6.45) is 0.0911. The molecule has 94 valence electrons. The molecule has 5 heteroatoms. The maximum atomic E-state index is 13.3. The molecule has 0 spiro atoms. The van der Waals surface area contributed by atoms with Gasteiger partial charge in [0, 0.05) is 11.6 Å². The van der Waals surface area contributed by atoms with Crippen LogP contribution >= 0.6 is 11.6 Å². The molecule has 2 unspecified atom stereocenters. The van der Waals surface area contributed by atoms with Gasteiger partial charge in [0.1, 0.15) is 17.0 Å². The standard InChI is InChI=1S/C12H14ClF2NO/c1-7(16-12(17)8(2)13)6-9-10(14)4-3-5-11(9)15/h3-5,7-8H,6H2,1-2H3,(H,16,17). The Labute approximate surface area is 104 Å². The van der Waals surface area contributed by atoms with E-state index in [4.69, 9.17) is 11.6 Å². The minimum atomic E-state index is -0.664. The van der Waals surface area contributed by atoms with E-state index in [2.05, 4.69) is 5.32 Å². The van der Waals surface area contributed by atoms with Gasteiger partial charge in [0.05, 0.1) is 0 Å². The van der Waals surface area contributed by atoms with Crippen LogP contribution in [0.25, 0.3) is 0 Å². The van der Waals surface area contributed by atoms with Crippen molar-refractivity contribution in [1.82, 2.24) is 5.32 Å². The van der Waals surface area contributed by atoms with Crippen LogP contribution in [0.5, 0.6) is 0 Å². The van der Waals surface area contributed by atoms with Crippen LogP contribution in [0.15, 0.2) is 18.2 Å². The number of hydrogen-bond donors (Lipinski definition) is 1. The molecule has 1 amide bonds. The summed E-state index contributed by atoms with van der Waals surface area (Å²) in [5, 5.41) is 1.91. The van der Waals surface area contributed by atoms with Gasteiger partial charge in [0.25, 0.3) is 0 Å². The van der Waals surface area contributed by atoms with Crippen molar-refractivity contribution in [2.24, 2.45) is 0 Å². The Hall–Kier alpha value is -1.16. The number of alkyl halides is 1. The quantitative estimate of drug-likeness (QED) is 0.830. The van der Waals surface area contributed by atoms with Gasteiger partial charge in [-0.3, -0.25) is 4.79 Å². The minimum Gasteiger partial charge on any atom is -0.352 e. The molecule has 1 aromatic rings. The summed E-state index contributed by atoms with van der Waals surface area (Å²) in [6, 6.07) is 3.31. The lowest BCUT2D eigenvalue weighted by Crippen LogP contribution is -2.38. The van der Waals surface area contributed by atoms with E-state index < -0.39 is 17.0 Å². The first-order valence-electron chi connectivity index (χ1n) is 5.29. The van der Waals surface area contributed by atoms with Crippen molar-refractivity contribution in [3.8, 4) is 0 Å². The van der Waals surface area contributed by atoms with Crippen LogP contribution < -0.4 is 5.32 Å². The van der Waals surface area contributed by atoms with Gasteiger partial charge in [-0.15, -0.1) is 11.6 Å². The Balaban J connectivity index is 2.68. The summed E-state index contributed by atoms with van der Waals surface area (Å²) in [7, 11) is 0. The van der Waals surface area contributed by atoms with E-state index in [0.717, 1.165) is 0 Å². The highest BCUT2D eigenvalue weighted by Crippen LogP contribution is 2.14. The Bertz CT molecular complexity index is 389. The van der Waals surface area contributed by atoms with E-state index in [-0.39, 0.29) is 23.9 Å². The van der Waals surface area contributed by atoms with Gasteiger partial charge >= 0.3 is 0 Å². The predicted octanol–water partition coefficient (Wildman–Crippen LogP) is 2.64. The lowest BCUT2D eigenvalue weighted by molar-refractivity contribution is -0.121. The molecule has 1 aromatic carbocycles. The van der Waals surface area contributed by atoms with E-state index in [1.54, 1.807) is 6.92 Å². The van der Waals surface area contributed by atoms with Gasteiger partial charge in [-0.1, -0.05) is 6.07 Å². The molecule has 1 rings (SSSR count). The topological polar surface area (TPSA) is 29.1 Å². The first-order chi connectivity index (χ1) is 7.91. The summed E-state index contributed by atoms with van der Waals surface area (Å²) >= 11 is 5.58. The van der Waals surface area contributed by atoms with Crippen molar-refractivity contribution >= 4 is 17.5 Å². The second kappa shape index (κ2) is 5.96. The van der Waals surface area contributed by atoms with Crippen LogP contribution in [0.4, 0.5) is 8.78 Å². The first kappa shape index (κ1) is 13.9. The van der Waals surface area contributed by atoms with Crippen molar-refractivity contribution in [2.75, 3.05) is 0 Å². The van der Waals surface area contributed by atoms with Crippen LogP contribution in [-0.2, 0) is 11.2 Å². The molecular weight excluding hydrogens is 248 g/mol. The number of halogens is 3. The van der Waals surface area contributed by atoms with Crippen LogP contribution in [0.3, 0.4) is 0 Å². The molecule has 2 atom stereocenters. The summed E-state index contributed by atoms with van der Waals surface area (Å²) in [5.41, 5.74) is -0.0254. The van der Waals surface area contributed by atoms with Gasteiger partial charge in [-0.25, -0.2) is 8.78 Å². The highest BCUT2D eigenvalue weighted by Gasteiger charge is 2.16. The second-order valence-electron chi connectivity index (χ2n) is 3.93. The molecule has 17 heavy (non-hydrogen) atoms. The van der Waals surface area contributed by atoms with Crippen molar-refractivity contribution < 1.29 is 13.6 Å². The van der Waals surface area contributed by atoms with Crippen LogP contribution in [0.2, 0.25) is 0 Å². The van der Waals surface area contributed by atoms with E-state index in [1.165, 1.54) is 25.1 Å². The molecule has 0 heterocycles. The average molecular weight is 262 g/mol. The SMILES string of the molecule is CC(Cc1c(F)cccc1F)NC(=O)C(C)Cl. The van der Waals surface area contributed by atoms with E-state index in [9.17, 15) is 13.6 Å². The fourth-order valence-corrected chi connectivity index (χ4v) is 1.51. The predicted molar refractivity (Wildman–Crippen MR) is 63.0 cm³/mol. The molecular formula is C12H14ClF2NO. The smallest absolute Gasteiger partial charge is 0.237 e. The lowest BCUT2D eigenvalue weighted by atomic mass is 10.1. The molecule has 0 saturated carbocycles. The normalized spacial score (nSPS) is 14.2. The summed E-state index contributed by atoms with van der Waals surface area (Å²) in [6.45, 7) is 3.20. The Morgan fingerprint density at radius 2 is 1.88 bits per heavy atom. The molecule has 2 nitrogen and oxygen atoms in total. The molecule has 0 aromatic heterocycles. The fraction of sp³-hybridized carbons (Fsp3) is 0.417. The van der Waals surface area contributed by atoms with E-state index >= 15 is 0 Å². The van der Waals surface area contributed by atoms with Crippen molar-refractivity contribution in [3.05, 3.63) is 35.4 Å². The molecule has 0 aliphatic carbocycles. The van der Waals surface area contributed by atoms with Crippen molar-refractivity contribution in [3.63, 3.8) is 0 Å². The molecule has 0 aliphatic heterocycles. The number of amides is 1. The van der Waals surface area contributed by atoms with E-state index in [1.807, 2.05) is 0 Å². The number of carbonyl (C=O) groups excluding carboxylic acids is 1. The Kier molecular flexibility index (Phi) is 4.87. The molecule has 0 saturated heterocycles. The van der Waals surface area contributed by atoms with Gasteiger partial charge in [0.15, 0.2) is 0 Å². The molecule has 1 N–H and O–H groups in total. The molecule has 0 fully saturated rings. The zero-order chi connectivity index (χ0) is 13.0. The number of rotatable bonds is 4. The Morgan fingerprint density at radius 3 is 2.35 bits per heavy atom. The van der Waals surface area contributed by atoms with Gasteiger partial charge in [-0.2, -0.15) is 0 Å². The highest BCUT2D eigenvalue weighted by atomic mass is 35.5. The van der Waals surface area contributed by atoms with Crippen LogP contribution in [0.1, 0.15) is 19.4 Å². The van der Waals surface area contributed by atoms with Crippen molar-refractivity contribution in [1.29, 1.82) is 0 Å². The third kappa shape index (κ3) is 3.97. The first-order valence-corrected chi connectivity index (χ1v) is 5.72. The monoisotopic (exact) mass is 261 g/mol. The van der Waals surface area contributed by atoms with Crippen molar-refractivity contribution in [2.45, 2.75) is 31.7 Å². The maximum Gasteiger partial charge on any atom is 0.237 e. The van der Waals surface area contributed by atoms with Crippen LogP contribution in [0, 0.1) is 11.6 Å². The maximum absolute atomic E-state index is 13.3. The van der Waals surface area contributed by atoms with Gasteiger partial charge < -0.3 is 5.32 Å². The zero-order valence-corrected chi connectivity index (χ0v) is 10.4. The second-order valence-corrected chi connectivity index (χ2v) is 4.58. The minimum absolute atomic E-state index is 0.0254. The molecule has 0 aliphatic rings. The summed E-state index contributed by atoms with van der Waals surface area (Å²) in [4.78, 5) is 11.3. The average Bonchev–Trinajstić information content (AvgIpc) is 2.23. The highest BCUT2D eigenvalue weighted by molar-refractivity contribution is 6.30. The number of benzene rings is 1. The lowest BCUT2D eigenvalue weighted by Gasteiger charge is -2.15. The number of carbonyl (C=O) groups is 1.